The number of rotatable bonds is 45. The second kappa shape index (κ2) is 49.1. The summed E-state index contributed by atoms with van der Waals surface area (Å²) in [5.41, 5.74) is 0. The Morgan fingerprint density at radius 1 is 0.484 bits per heavy atom. The fourth-order valence-electron chi connectivity index (χ4n) is 7.50. The van der Waals surface area contributed by atoms with Crippen LogP contribution in [0.5, 0.6) is 0 Å². The highest BCUT2D eigenvalue weighted by molar-refractivity contribution is 5.77. The molecule has 0 spiro atoms. The first-order valence-electron chi connectivity index (χ1n) is 25.9. The standard InChI is InChI=1S/C56H97NO5/c1-4-7-10-13-16-19-22-25-26-27-28-31-33-36-39-42-45-48-54(59)53(51-58)57-55(60)50-52(47-44-41-38-35-32-29-23-20-17-14-11-8-5-2)62-56(61)49-46-43-40-37-34-30-24-21-18-15-12-9-6-3/h8-9,11-12,14-15,17-18,20-21,23-24,30,34,52-54,58-59H,4-7,10,13,16,19,22,25-29,31-33,35-51H2,1-3H3,(H,57,60)/b11-8+,12-9+,17-14+,18-15+,23-20+,24-21-,34-30-. The molecule has 0 rings (SSSR count). The van der Waals surface area contributed by atoms with E-state index in [-0.39, 0.29) is 24.9 Å². The molecule has 62 heavy (non-hydrogen) atoms. The molecule has 0 aromatic carbocycles. The molecule has 0 bridgehead atoms. The van der Waals surface area contributed by atoms with E-state index in [9.17, 15) is 19.8 Å². The number of hydrogen-bond donors (Lipinski definition) is 3. The van der Waals surface area contributed by atoms with E-state index in [4.69, 9.17) is 4.74 Å². The number of carbonyl (C=O) groups excluding carboxylic acids is 2. The van der Waals surface area contributed by atoms with Gasteiger partial charge in [-0.05, 0) is 64.2 Å². The molecule has 0 heterocycles. The monoisotopic (exact) mass is 864 g/mol. The van der Waals surface area contributed by atoms with Gasteiger partial charge in [0.05, 0.1) is 25.2 Å². The molecule has 0 fully saturated rings. The van der Waals surface area contributed by atoms with E-state index in [2.05, 4.69) is 80.8 Å². The van der Waals surface area contributed by atoms with Gasteiger partial charge in [-0.3, -0.25) is 9.59 Å². The van der Waals surface area contributed by atoms with Crippen LogP contribution in [0.2, 0.25) is 0 Å². The van der Waals surface area contributed by atoms with Gasteiger partial charge in [-0.25, -0.2) is 0 Å². The molecule has 0 aliphatic rings. The highest BCUT2D eigenvalue weighted by Gasteiger charge is 2.24. The lowest BCUT2D eigenvalue weighted by molar-refractivity contribution is -0.151. The normalized spacial score (nSPS) is 14.0. The third-order valence-corrected chi connectivity index (χ3v) is 11.4. The molecule has 3 N–H and O–H groups in total. The molecule has 3 unspecified atom stereocenters. The van der Waals surface area contributed by atoms with Gasteiger partial charge >= 0.3 is 5.97 Å². The Morgan fingerprint density at radius 2 is 0.871 bits per heavy atom. The minimum absolute atomic E-state index is 0.0439. The van der Waals surface area contributed by atoms with E-state index >= 15 is 0 Å². The van der Waals surface area contributed by atoms with E-state index in [1.54, 1.807) is 0 Å². The van der Waals surface area contributed by atoms with Crippen molar-refractivity contribution >= 4 is 11.9 Å². The van der Waals surface area contributed by atoms with Crippen molar-refractivity contribution in [2.24, 2.45) is 0 Å². The van der Waals surface area contributed by atoms with Crippen molar-refractivity contribution in [2.75, 3.05) is 6.61 Å². The maximum absolute atomic E-state index is 13.2. The lowest BCUT2D eigenvalue weighted by atomic mass is 10.0. The number of amides is 1. The Labute approximate surface area is 383 Å². The van der Waals surface area contributed by atoms with Crippen LogP contribution in [0.3, 0.4) is 0 Å². The molecular weight excluding hydrogens is 767 g/mol. The summed E-state index contributed by atoms with van der Waals surface area (Å²) in [7, 11) is 0. The molecule has 0 aliphatic carbocycles. The van der Waals surface area contributed by atoms with Crippen LogP contribution in [0.4, 0.5) is 0 Å². The van der Waals surface area contributed by atoms with Crippen molar-refractivity contribution in [2.45, 2.75) is 251 Å². The first kappa shape index (κ1) is 59.0. The lowest BCUT2D eigenvalue weighted by Crippen LogP contribution is -2.46. The number of esters is 1. The molecule has 0 saturated carbocycles. The fourth-order valence-corrected chi connectivity index (χ4v) is 7.50. The number of ether oxygens (including phenoxy) is 1. The van der Waals surface area contributed by atoms with Gasteiger partial charge in [0.25, 0.3) is 0 Å². The second-order valence-electron chi connectivity index (χ2n) is 17.3. The molecule has 3 atom stereocenters. The predicted molar refractivity (Wildman–Crippen MR) is 268 cm³/mol. The van der Waals surface area contributed by atoms with Gasteiger partial charge in [-0.2, -0.15) is 0 Å². The van der Waals surface area contributed by atoms with E-state index in [1.807, 2.05) is 30.4 Å². The van der Waals surface area contributed by atoms with Gasteiger partial charge in [0.15, 0.2) is 0 Å². The van der Waals surface area contributed by atoms with E-state index in [0.29, 0.717) is 19.3 Å². The molecule has 1 amide bonds. The molecule has 0 aliphatic heterocycles. The number of aliphatic hydroxyl groups excluding tert-OH is 2. The fraction of sp³-hybridized carbons (Fsp3) is 0.714. The molecule has 0 radical (unpaired) electrons. The van der Waals surface area contributed by atoms with Crippen molar-refractivity contribution < 1.29 is 24.5 Å². The highest BCUT2D eigenvalue weighted by Crippen LogP contribution is 2.18. The molecule has 0 aromatic rings. The molecule has 356 valence electrons. The van der Waals surface area contributed by atoms with Crippen molar-refractivity contribution in [3.05, 3.63) is 85.1 Å². The zero-order chi connectivity index (χ0) is 45.2. The van der Waals surface area contributed by atoms with Crippen molar-refractivity contribution in [3.63, 3.8) is 0 Å². The van der Waals surface area contributed by atoms with Gasteiger partial charge < -0.3 is 20.3 Å². The summed E-state index contributed by atoms with van der Waals surface area (Å²) in [5, 5.41) is 23.8. The summed E-state index contributed by atoms with van der Waals surface area (Å²) in [5.74, 6) is -0.545. The van der Waals surface area contributed by atoms with Gasteiger partial charge in [-0.15, -0.1) is 0 Å². The Balaban J connectivity index is 4.60. The highest BCUT2D eigenvalue weighted by atomic mass is 16.5. The van der Waals surface area contributed by atoms with Gasteiger partial charge in [0.1, 0.15) is 6.10 Å². The van der Waals surface area contributed by atoms with Gasteiger partial charge in [-0.1, -0.05) is 241 Å². The molecule has 0 aromatic heterocycles. The summed E-state index contributed by atoms with van der Waals surface area (Å²) in [6.45, 7) is 6.20. The van der Waals surface area contributed by atoms with E-state index in [1.165, 1.54) is 89.9 Å². The maximum atomic E-state index is 13.2. The zero-order valence-corrected chi connectivity index (χ0v) is 40.5. The van der Waals surface area contributed by atoms with Crippen LogP contribution in [-0.2, 0) is 14.3 Å². The molecular formula is C56H97NO5. The molecule has 6 heteroatoms. The van der Waals surface area contributed by atoms with Crippen LogP contribution in [0, 0.1) is 0 Å². The maximum Gasteiger partial charge on any atom is 0.306 e. The summed E-state index contributed by atoms with van der Waals surface area (Å²) in [4.78, 5) is 26.1. The van der Waals surface area contributed by atoms with Crippen LogP contribution in [-0.4, -0.2) is 46.9 Å². The average molecular weight is 864 g/mol. The van der Waals surface area contributed by atoms with Crippen molar-refractivity contribution in [3.8, 4) is 0 Å². The smallest absolute Gasteiger partial charge is 0.306 e. The largest absolute Gasteiger partial charge is 0.462 e. The molecule has 6 nitrogen and oxygen atoms in total. The third kappa shape index (κ3) is 43.7. The minimum Gasteiger partial charge on any atom is -0.462 e. The SMILES string of the molecule is CC/C=C/C=C/C=C\C=C/CCCCCC(=O)OC(CCCCCCC/C=C/C=C/C=C/CC)CC(=O)NC(CO)C(O)CCCCCCCCCCCCCCCCCCC. The number of aliphatic hydroxyl groups is 2. The molecule has 0 saturated heterocycles. The minimum atomic E-state index is -0.805. The van der Waals surface area contributed by atoms with E-state index < -0.39 is 18.2 Å². The van der Waals surface area contributed by atoms with Gasteiger partial charge in [0.2, 0.25) is 5.91 Å². The summed E-state index contributed by atoms with van der Waals surface area (Å²) >= 11 is 0. The Bertz CT molecular complexity index is 1200. The van der Waals surface area contributed by atoms with Crippen molar-refractivity contribution in [1.29, 1.82) is 0 Å². The quantitative estimate of drug-likeness (QED) is 0.0322. The number of hydrogen-bond acceptors (Lipinski definition) is 5. The third-order valence-electron chi connectivity index (χ3n) is 11.4. The lowest BCUT2D eigenvalue weighted by Gasteiger charge is -2.24. The summed E-state index contributed by atoms with van der Waals surface area (Å²) in [6, 6.07) is -0.721. The number of carbonyl (C=O) groups is 2. The second-order valence-corrected chi connectivity index (χ2v) is 17.3. The Morgan fingerprint density at radius 3 is 1.32 bits per heavy atom. The topological polar surface area (TPSA) is 95.9 Å². The van der Waals surface area contributed by atoms with Crippen LogP contribution >= 0.6 is 0 Å². The summed E-state index contributed by atoms with van der Waals surface area (Å²) < 4.78 is 5.90. The van der Waals surface area contributed by atoms with Crippen LogP contribution in [0.15, 0.2) is 85.1 Å². The number of nitrogens with one attached hydrogen (secondary N) is 1. The first-order valence-corrected chi connectivity index (χ1v) is 25.9. The Hall–Kier alpha value is -2.96. The van der Waals surface area contributed by atoms with Crippen molar-refractivity contribution in [1.82, 2.24) is 5.32 Å². The van der Waals surface area contributed by atoms with Gasteiger partial charge in [0, 0.05) is 6.42 Å². The first-order chi connectivity index (χ1) is 30.5. The number of allylic oxidation sites excluding steroid dienone is 14. The Kier molecular flexibility index (Phi) is 46.7. The van der Waals surface area contributed by atoms with E-state index in [0.717, 1.165) is 96.3 Å². The number of unbranched alkanes of at least 4 members (excludes halogenated alkanes) is 24. The predicted octanol–water partition coefficient (Wildman–Crippen LogP) is 15.6. The van der Waals surface area contributed by atoms with Crippen LogP contribution in [0.1, 0.15) is 233 Å². The van der Waals surface area contributed by atoms with Crippen LogP contribution < -0.4 is 5.32 Å². The zero-order valence-electron chi connectivity index (χ0n) is 40.5. The van der Waals surface area contributed by atoms with Crippen LogP contribution in [0.25, 0.3) is 0 Å². The summed E-state index contributed by atoms with van der Waals surface area (Å²) in [6.07, 6.45) is 63.6. The average Bonchev–Trinajstić information content (AvgIpc) is 3.26.